The summed E-state index contributed by atoms with van der Waals surface area (Å²) < 4.78 is 44.1. The van der Waals surface area contributed by atoms with Crippen molar-refractivity contribution in [1.82, 2.24) is 34.7 Å². The second-order valence-corrected chi connectivity index (χ2v) is 7.63. The second-order valence-electron chi connectivity index (χ2n) is 7.63. The van der Waals surface area contributed by atoms with Gasteiger partial charge in [-0.05, 0) is 37.5 Å². The molecular formula is C20H19F3N8O. The summed E-state index contributed by atoms with van der Waals surface area (Å²) in [7, 11) is 1.72. The van der Waals surface area contributed by atoms with Gasteiger partial charge in [-0.1, -0.05) is 6.07 Å². The number of benzene rings is 1. The van der Waals surface area contributed by atoms with Crippen molar-refractivity contribution in [3.8, 4) is 11.5 Å². The van der Waals surface area contributed by atoms with Crippen LogP contribution in [0.15, 0.2) is 30.5 Å². The Bertz CT molecular complexity index is 1330. The van der Waals surface area contributed by atoms with Gasteiger partial charge in [0, 0.05) is 25.2 Å². The Kier molecular flexibility index (Phi) is 4.72. The van der Waals surface area contributed by atoms with Crippen molar-refractivity contribution in [2.45, 2.75) is 31.5 Å². The standard InChI is InChI=1S/C20H19F3N8O/c1-30-14(8-10-25-30)16-28-17-11-5-4-6-12(20(21,22)23)15(11)27-19(31(17)29-16)26-13-7-2-3-9-24-18(13)32/h4-6,8,10,13H,2-3,7,9H2,1H3,(H,24,32)(H,26,27)/t13-/m1/s1. The summed E-state index contributed by atoms with van der Waals surface area (Å²) >= 11 is 0. The summed E-state index contributed by atoms with van der Waals surface area (Å²) in [6.45, 7) is 0.559. The number of rotatable bonds is 3. The number of hydrogen-bond donors (Lipinski definition) is 2. The fourth-order valence-electron chi connectivity index (χ4n) is 3.89. The fourth-order valence-corrected chi connectivity index (χ4v) is 3.89. The first kappa shape index (κ1) is 20.2. The average Bonchev–Trinajstić information content (AvgIpc) is 3.32. The van der Waals surface area contributed by atoms with Crippen LogP contribution in [0, 0.1) is 0 Å². The first-order chi connectivity index (χ1) is 15.3. The van der Waals surface area contributed by atoms with Crippen LogP contribution >= 0.6 is 0 Å². The number of aromatic nitrogens is 6. The van der Waals surface area contributed by atoms with Crippen LogP contribution in [-0.2, 0) is 18.0 Å². The molecule has 1 saturated heterocycles. The molecule has 12 heteroatoms. The SMILES string of the molecule is Cn1nccc1-c1nc2c3cccc(C(F)(F)F)c3nc(N[C@@H]3CCCCNC3=O)n2n1. The maximum atomic E-state index is 13.7. The van der Waals surface area contributed by atoms with Crippen molar-refractivity contribution >= 4 is 28.4 Å². The molecule has 1 aliphatic rings. The molecule has 5 rings (SSSR count). The van der Waals surface area contributed by atoms with E-state index in [0.717, 1.165) is 18.9 Å². The molecular weight excluding hydrogens is 425 g/mol. The zero-order valence-electron chi connectivity index (χ0n) is 17.0. The molecule has 0 aliphatic carbocycles. The van der Waals surface area contributed by atoms with E-state index in [9.17, 15) is 18.0 Å². The molecule has 166 valence electrons. The van der Waals surface area contributed by atoms with Crippen molar-refractivity contribution in [3.05, 3.63) is 36.0 Å². The van der Waals surface area contributed by atoms with Crippen LogP contribution in [0.5, 0.6) is 0 Å². The van der Waals surface area contributed by atoms with Crippen molar-refractivity contribution in [3.63, 3.8) is 0 Å². The summed E-state index contributed by atoms with van der Waals surface area (Å²) in [4.78, 5) is 21.2. The molecule has 1 atom stereocenters. The van der Waals surface area contributed by atoms with Gasteiger partial charge < -0.3 is 10.6 Å². The summed E-state index contributed by atoms with van der Waals surface area (Å²) in [6.07, 6.45) is -0.882. The van der Waals surface area contributed by atoms with Gasteiger partial charge >= 0.3 is 6.18 Å². The van der Waals surface area contributed by atoms with Gasteiger partial charge in [-0.3, -0.25) is 9.48 Å². The van der Waals surface area contributed by atoms with Crippen molar-refractivity contribution < 1.29 is 18.0 Å². The number of nitrogens with one attached hydrogen (secondary N) is 2. The van der Waals surface area contributed by atoms with Crippen molar-refractivity contribution in [2.75, 3.05) is 11.9 Å². The topological polar surface area (TPSA) is 102 Å². The highest BCUT2D eigenvalue weighted by atomic mass is 19.4. The molecule has 2 N–H and O–H groups in total. The Morgan fingerprint density at radius 3 is 2.78 bits per heavy atom. The third-order valence-corrected chi connectivity index (χ3v) is 5.50. The number of anilines is 1. The fraction of sp³-hybridized carbons (Fsp3) is 0.350. The highest BCUT2D eigenvalue weighted by Gasteiger charge is 2.34. The first-order valence-electron chi connectivity index (χ1n) is 10.1. The number of nitrogens with zero attached hydrogens (tertiary/aromatic N) is 6. The molecule has 9 nitrogen and oxygen atoms in total. The lowest BCUT2D eigenvalue weighted by atomic mass is 10.1. The third-order valence-electron chi connectivity index (χ3n) is 5.50. The summed E-state index contributed by atoms with van der Waals surface area (Å²) in [5.74, 6) is 0.0749. The number of carbonyl (C=O) groups excluding carboxylic acids is 1. The Morgan fingerprint density at radius 1 is 1.19 bits per heavy atom. The molecule has 1 aromatic carbocycles. The van der Waals surface area contributed by atoms with Crippen LogP contribution in [0.25, 0.3) is 28.1 Å². The van der Waals surface area contributed by atoms with Crippen LogP contribution < -0.4 is 10.6 Å². The number of fused-ring (bicyclic) bond motifs is 3. The van der Waals surface area contributed by atoms with Crippen LogP contribution in [0.4, 0.5) is 19.1 Å². The number of amides is 1. The highest BCUT2D eigenvalue weighted by Crippen LogP contribution is 2.36. The average molecular weight is 444 g/mol. The lowest BCUT2D eigenvalue weighted by Crippen LogP contribution is -2.38. The quantitative estimate of drug-likeness (QED) is 0.504. The monoisotopic (exact) mass is 444 g/mol. The van der Waals surface area contributed by atoms with E-state index in [0.29, 0.717) is 18.7 Å². The molecule has 1 aliphatic heterocycles. The maximum absolute atomic E-state index is 13.7. The molecule has 0 unspecified atom stereocenters. The largest absolute Gasteiger partial charge is 0.418 e. The first-order valence-corrected chi connectivity index (χ1v) is 10.1. The lowest BCUT2D eigenvalue weighted by Gasteiger charge is -2.17. The number of halogens is 3. The molecule has 0 spiro atoms. The molecule has 0 saturated carbocycles. The van der Waals surface area contributed by atoms with Gasteiger partial charge in [-0.15, -0.1) is 5.10 Å². The van der Waals surface area contributed by atoms with E-state index in [2.05, 4.69) is 30.8 Å². The Morgan fingerprint density at radius 2 is 2.03 bits per heavy atom. The summed E-state index contributed by atoms with van der Waals surface area (Å²) in [5.41, 5.74) is -0.343. The normalized spacial score (nSPS) is 17.5. The van der Waals surface area contributed by atoms with Crippen LogP contribution in [0.1, 0.15) is 24.8 Å². The molecule has 32 heavy (non-hydrogen) atoms. The zero-order chi connectivity index (χ0) is 22.5. The van der Waals surface area contributed by atoms with Gasteiger partial charge in [0.2, 0.25) is 17.7 Å². The maximum Gasteiger partial charge on any atom is 0.418 e. The van der Waals surface area contributed by atoms with E-state index < -0.39 is 17.8 Å². The summed E-state index contributed by atoms with van der Waals surface area (Å²) in [6, 6.07) is 4.88. The van der Waals surface area contributed by atoms with Gasteiger partial charge in [0.25, 0.3) is 0 Å². The highest BCUT2D eigenvalue weighted by molar-refractivity contribution is 5.95. The third kappa shape index (κ3) is 3.41. The zero-order valence-corrected chi connectivity index (χ0v) is 17.0. The second kappa shape index (κ2) is 7.46. The summed E-state index contributed by atoms with van der Waals surface area (Å²) in [5, 5.41) is 14.6. The van der Waals surface area contributed by atoms with E-state index in [1.165, 1.54) is 16.6 Å². The van der Waals surface area contributed by atoms with E-state index in [4.69, 9.17) is 0 Å². The molecule has 4 aromatic rings. The van der Waals surface area contributed by atoms with Crippen molar-refractivity contribution in [2.24, 2.45) is 7.05 Å². The molecule has 3 aromatic heterocycles. The predicted octanol–water partition coefficient (Wildman–Crippen LogP) is 2.78. The van der Waals surface area contributed by atoms with Gasteiger partial charge in [-0.25, -0.2) is 9.97 Å². The van der Waals surface area contributed by atoms with Gasteiger partial charge in [0.05, 0.1) is 11.1 Å². The van der Waals surface area contributed by atoms with E-state index in [1.54, 1.807) is 24.0 Å². The van der Waals surface area contributed by atoms with E-state index >= 15 is 0 Å². The molecule has 4 heterocycles. The molecule has 1 fully saturated rings. The predicted molar refractivity (Wildman–Crippen MR) is 110 cm³/mol. The van der Waals surface area contributed by atoms with Crippen molar-refractivity contribution in [1.29, 1.82) is 0 Å². The Hall–Kier alpha value is -3.70. The number of hydrogen-bond acceptors (Lipinski definition) is 6. The minimum Gasteiger partial charge on any atom is -0.354 e. The number of carbonyl (C=O) groups is 1. The van der Waals surface area contributed by atoms with Gasteiger partial charge in [0.1, 0.15) is 11.7 Å². The Labute approximate surface area is 179 Å². The molecule has 1 amide bonds. The number of para-hydroxylation sites is 1. The Balaban J connectivity index is 1.75. The number of aryl methyl sites for hydroxylation is 1. The minimum absolute atomic E-state index is 0.0205. The van der Waals surface area contributed by atoms with Crippen LogP contribution in [0.3, 0.4) is 0 Å². The molecule has 0 radical (unpaired) electrons. The van der Waals surface area contributed by atoms with Crippen LogP contribution in [-0.4, -0.2) is 47.9 Å². The molecule has 0 bridgehead atoms. The van der Waals surface area contributed by atoms with Crippen LogP contribution in [0.2, 0.25) is 0 Å². The number of alkyl halides is 3. The minimum atomic E-state index is -4.60. The lowest BCUT2D eigenvalue weighted by molar-refractivity contribution is -0.136. The van der Waals surface area contributed by atoms with E-state index in [1.807, 2.05) is 0 Å². The van der Waals surface area contributed by atoms with E-state index in [-0.39, 0.29) is 34.2 Å². The smallest absolute Gasteiger partial charge is 0.354 e. The van der Waals surface area contributed by atoms with Gasteiger partial charge in [-0.2, -0.15) is 22.8 Å². The van der Waals surface area contributed by atoms with Gasteiger partial charge in [0.15, 0.2) is 5.65 Å².